The van der Waals surface area contributed by atoms with Gasteiger partial charge in [-0.2, -0.15) is 13.2 Å². The van der Waals surface area contributed by atoms with Crippen LogP contribution in [0.2, 0.25) is 0 Å². The van der Waals surface area contributed by atoms with Gasteiger partial charge in [0.15, 0.2) is 0 Å². The number of pyridine rings is 1. The minimum atomic E-state index is -4.53. The first-order valence-corrected chi connectivity index (χ1v) is 15.7. The molecule has 8 nitrogen and oxygen atoms in total. The normalized spacial score (nSPS) is 17.3. The second kappa shape index (κ2) is 12.9. The van der Waals surface area contributed by atoms with E-state index in [9.17, 15) is 22.8 Å². The molecule has 3 aromatic rings. The smallest absolute Gasteiger partial charge is 0.416 e. The van der Waals surface area contributed by atoms with Crippen LogP contribution >= 0.6 is 0 Å². The topological polar surface area (TPSA) is 86.8 Å². The predicted octanol–water partition coefficient (Wildman–Crippen LogP) is 6.96. The van der Waals surface area contributed by atoms with Crippen molar-refractivity contribution in [1.29, 1.82) is 0 Å². The summed E-state index contributed by atoms with van der Waals surface area (Å²) in [6.07, 6.45) is -1.02. The van der Waals surface area contributed by atoms with Gasteiger partial charge in [-0.05, 0) is 94.0 Å². The van der Waals surface area contributed by atoms with Gasteiger partial charge in [0.05, 0.1) is 11.6 Å². The van der Waals surface area contributed by atoms with Crippen molar-refractivity contribution < 1.29 is 27.5 Å². The Hall–Kier alpha value is -4.12. The number of amides is 2. The molecule has 2 fully saturated rings. The Morgan fingerprint density at radius 1 is 0.978 bits per heavy atom. The fourth-order valence-electron chi connectivity index (χ4n) is 5.70. The van der Waals surface area contributed by atoms with Crippen molar-refractivity contribution in [2.24, 2.45) is 0 Å². The highest BCUT2D eigenvalue weighted by atomic mass is 19.4. The summed E-state index contributed by atoms with van der Waals surface area (Å²) >= 11 is 0. The van der Waals surface area contributed by atoms with Gasteiger partial charge in [0, 0.05) is 50.1 Å². The van der Waals surface area contributed by atoms with E-state index in [1.165, 1.54) is 18.9 Å². The van der Waals surface area contributed by atoms with Crippen LogP contribution in [0.4, 0.5) is 23.7 Å². The van der Waals surface area contributed by atoms with E-state index in [0.717, 1.165) is 49.6 Å². The average molecular weight is 638 g/mol. The third kappa shape index (κ3) is 8.17. The summed E-state index contributed by atoms with van der Waals surface area (Å²) in [5.41, 5.74) is 2.30. The summed E-state index contributed by atoms with van der Waals surface area (Å²) < 4.78 is 46.1. The largest absolute Gasteiger partial charge is 0.444 e. The van der Waals surface area contributed by atoms with Gasteiger partial charge < -0.3 is 20.3 Å². The quantitative estimate of drug-likeness (QED) is 0.278. The molecule has 1 saturated heterocycles. The number of nitrogens with one attached hydrogen (secondary N) is 2. The number of benzene rings is 2. The van der Waals surface area contributed by atoms with Crippen molar-refractivity contribution in [2.45, 2.75) is 77.4 Å². The highest BCUT2D eigenvalue weighted by molar-refractivity contribution is 5.93. The Morgan fingerprint density at radius 2 is 1.65 bits per heavy atom. The minimum absolute atomic E-state index is 0.0161. The molecule has 0 unspecified atom stereocenters. The van der Waals surface area contributed by atoms with E-state index < -0.39 is 23.4 Å². The molecule has 46 heavy (non-hydrogen) atoms. The van der Waals surface area contributed by atoms with Gasteiger partial charge in [-0.25, -0.2) is 4.79 Å². The standard InChI is InChI=1S/C35H42F3N5O3/c1-23(41-31(44)30-21-28(12-15-39-30)42-16-18-43(19-17-42)34(5)13-14-34)24-6-8-25(9-7-24)29-20-27(35(36,37)38)11-10-26(29)22-40-32(45)46-33(2,3)4/h6-12,15,20-21,23H,13-14,16-19,22H2,1-5H3,(H,40,45)(H,41,44)/t23-/m1/s1. The molecular formula is C35H42F3N5O3. The van der Waals surface area contributed by atoms with E-state index in [1.807, 2.05) is 19.1 Å². The zero-order valence-corrected chi connectivity index (χ0v) is 27.0. The molecule has 0 bridgehead atoms. The Balaban J connectivity index is 1.25. The number of nitrogens with zero attached hydrogens (tertiary/aromatic N) is 3. The van der Waals surface area contributed by atoms with Crippen LogP contribution in [0.5, 0.6) is 0 Å². The van der Waals surface area contributed by atoms with Gasteiger partial charge in [0.2, 0.25) is 0 Å². The van der Waals surface area contributed by atoms with Crippen LogP contribution in [0.3, 0.4) is 0 Å². The van der Waals surface area contributed by atoms with Crippen LogP contribution in [-0.4, -0.2) is 59.2 Å². The third-order valence-electron chi connectivity index (χ3n) is 8.69. The number of ether oxygens (including phenoxy) is 1. The Kier molecular flexibility index (Phi) is 9.35. The summed E-state index contributed by atoms with van der Waals surface area (Å²) in [5, 5.41) is 5.62. The number of carbonyl (C=O) groups excluding carboxylic acids is 2. The fourth-order valence-corrected chi connectivity index (χ4v) is 5.70. The lowest BCUT2D eigenvalue weighted by atomic mass is 9.95. The van der Waals surface area contributed by atoms with E-state index in [1.54, 1.807) is 51.2 Å². The van der Waals surface area contributed by atoms with Gasteiger partial charge in [0.1, 0.15) is 11.3 Å². The number of piperazine rings is 1. The molecule has 5 rings (SSSR count). The maximum Gasteiger partial charge on any atom is 0.416 e. The molecule has 246 valence electrons. The summed E-state index contributed by atoms with van der Waals surface area (Å²) in [4.78, 5) is 34.5. The molecule has 2 N–H and O–H groups in total. The van der Waals surface area contributed by atoms with Crippen molar-refractivity contribution >= 4 is 17.7 Å². The predicted molar refractivity (Wildman–Crippen MR) is 171 cm³/mol. The van der Waals surface area contributed by atoms with Gasteiger partial charge in [-0.1, -0.05) is 30.3 Å². The monoisotopic (exact) mass is 637 g/mol. The molecule has 0 radical (unpaired) electrons. The number of alkyl carbamates (subject to hydrolysis) is 1. The molecule has 2 aliphatic rings. The van der Waals surface area contributed by atoms with E-state index in [0.29, 0.717) is 27.9 Å². The van der Waals surface area contributed by atoms with Gasteiger partial charge >= 0.3 is 12.3 Å². The number of carbonyl (C=O) groups is 2. The Bertz CT molecular complexity index is 1560. The second-order valence-electron chi connectivity index (χ2n) is 13.4. The van der Waals surface area contributed by atoms with E-state index in [2.05, 4.69) is 32.3 Å². The number of rotatable bonds is 8. The third-order valence-corrected chi connectivity index (χ3v) is 8.69. The van der Waals surface area contributed by atoms with Gasteiger partial charge in [-0.15, -0.1) is 0 Å². The summed E-state index contributed by atoms with van der Waals surface area (Å²) in [5.74, 6) is -0.309. The SMILES string of the molecule is C[C@@H](NC(=O)c1cc(N2CCN(C3(C)CC3)CC2)ccn1)c1ccc(-c2cc(C(F)(F)F)ccc2CNC(=O)OC(C)(C)C)cc1. The molecule has 11 heteroatoms. The minimum Gasteiger partial charge on any atom is -0.444 e. The van der Waals surface area contributed by atoms with Crippen LogP contribution in [0.15, 0.2) is 60.8 Å². The van der Waals surface area contributed by atoms with Gasteiger partial charge in [-0.3, -0.25) is 14.7 Å². The zero-order chi connectivity index (χ0) is 33.3. The first kappa shape index (κ1) is 33.2. The maximum atomic E-state index is 13.6. The second-order valence-corrected chi connectivity index (χ2v) is 13.4. The first-order valence-electron chi connectivity index (χ1n) is 15.7. The zero-order valence-electron chi connectivity index (χ0n) is 27.0. The molecule has 1 aliphatic heterocycles. The highest BCUT2D eigenvalue weighted by Gasteiger charge is 2.43. The van der Waals surface area contributed by atoms with Crippen molar-refractivity contribution in [3.63, 3.8) is 0 Å². The lowest BCUT2D eigenvalue weighted by Crippen LogP contribution is -2.50. The highest BCUT2D eigenvalue weighted by Crippen LogP contribution is 2.41. The number of anilines is 1. The maximum absolute atomic E-state index is 13.6. The van der Waals surface area contributed by atoms with Crippen LogP contribution < -0.4 is 15.5 Å². The molecule has 2 heterocycles. The van der Waals surface area contributed by atoms with Crippen molar-refractivity contribution in [2.75, 3.05) is 31.1 Å². The van der Waals surface area contributed by atoms with Crippen molar-refractivity contribution in [3.05, 3.63) is 83.2 Å². The number of halogens is 3. The first-order chi connectivity index (χ1) is 21.6. The number of hydrogen-bond donors (Lipinski definition) is 2. The molecule has 1 atom stereocenters. The van der Waals surface area contributed by atoms with Crippen molar-refractivity contribution in [1.82, 2.24) is 20.5 Å². The lowest BCUT2D eigenvalue weighted by Gasteiger charge is -2.39. The van der Waals surface area contributed by atoms with Crippen LogP contribution in [0.1, 0.15) is 80.7 Å². The molecule has 1 aliphatic carbocycles. The summed E-state index contributed by atoms with van der Waals surface area (Å²) in [7, 11) is 0. The average Bonchev–Trinajstić information content (AvgIpc) is 3.77. The number of aromatic nitrogens is 1. The molecule has 2 amide bonds. The fraction of sp³-hybridized carbons (Fsp3) is 0.457. The molecule has 0 spiro atoms. The number of alkyl halides is 3. The molecule has 2 aromatic carbocycles. The van der Waals surface area contributed by atoms with Crippen LogP contribution in [0, 0.1) is 0 Å². The summed E-state index contributed by atoms with van der Waals surface area (Å²) in [6.45, 7) is 13.1. The Labute approximate surface area is 268 Å². The lowest BCUT2D eigenvalue weighted by molar-refractivity contribution is -0.137. The van der Waals surface area contributed by atoms with Crippen LogP contribution in [-0.2, 0) is 17.5 Å². The van der Waals surface area contributed by atoms with Gasteiger partial charge in [0.25, 0.3) is 5.91 Å². The number of hydrogen-bond acceptors (Lipinski definition) is 6. The molecule has 1 saturated carbocycles. The molecular weight excluding hydrogens is 595 g/mol. The van der Waals surface area contributed by atoms with Crippen molar-refractivity contribution in [3.8, 4) is 11.1 Å². The van der Waals surface area contributed by atoms with E-state index >= 15 is 0 Å². The Morgan fingerprint density at radius 3 is 2.26 bits per heavy atom. The summed E-state index contributed by atoms with van der Waals surface area (Å²) in [6, 6.07) is 13.8. The van der Waals surface area contributed by atoms with E-state index in [4.69, 9.17) is 4.74 Å². The van der Waals surface area contributed by atoms with E-state index in [-0.39, 0.29) is 18.5 Å². The molecule has 1 aromatic heterocycles. The van der Waals surface area contributed by atoms with Crippen LogP contribution in [0.25, 0.3) is 11.1 Å².